The van der Waals surface area contributed by atoms with Gasteiger partial charge in [0.1, 0.15) is 0 Å². The van der Waals surface area contributed by atoms with E-state index in [4.69, 9.17) is 0 Å². The lowest BCUT2D eigenvalue weighted by Gasteiger charge is -2.11. The summed E-state index contributed by atoms with van der Waals surface area (Å²) in [4.78, 5) is 0. The number of alkyl halides is 2. The smallest absolute Gasteiger partial charge is 0.255 e. The van der Waals surface area contributed by atoms with Gasteiger partial charge >= 0.3 is 0 Å². The van der Waals surface area contributed by atoms with Crippen LogP contribution in [0.2, 0.25) is 0 Å². The molecule has 0 spiro atoms. The summed E-state index contributed by atoms with van der Waals surface area (Å²) in [5.74, 6) is 0.221. The van der Waals surface area contributed by atoms with Crippen molar-refractivity contribution >= 4 is 0 Å². The number of hydrogen-bond acceptors (Lipinski definition) is 1. The first-order valence-electron chi connectivity index (χ1n) is 3.25. The van der Waals surface area contributed by atoms with E-state index in [1.165, 1.54) is 0 Å². The van der Waals surface area contributed by atoms with Crippen molar-refractivity contribution in [3.63, 3.8) is 0 Å². The minimum atomic E-state index is -2.30. The zero-order valence-corrected chi connectivity index (χ0v) is 6.32. The molecule has 3 heteroatoms. The van der Waals surface area contributed by atoms with E-state index < -0.39 is 6.43 Å². The molecular weight excluding hydrogens is 136 g/mol. The molecule has 0 aliphatic carbocycles. The van der Waals surface area contributed by atoms with Gasteiger partial charge in [0.05, 0.1) is 6.54 Å². The van der Waals surface area contributed by atoms with E-state index in [1.54, 1.807) is 0 Å². The van der Waals surface area contributed by atoms with Crippen LogP contribution in [0, 0.1) is 5.92 Å². The minimum Gasteiger partial charge on any atom is -0.383 e. The van der Waals surface area contributed by atoms with Crippen LogP contribution < -0.4 is 5.32 Å². The summed E-state index contributed by atoms with van der Waals surface area (Å²) >= 11 is 0. The van der Waals surface area contributed by atoms with Crippen molar-refractivity contribution in [2.24, 2.45) is 5.92 Å². The standard InChI is InChI=1S/C7H13F2N/c1-5(2)6(3)10-4-7(8)9/h5,7,10H,3-4H2,1-2H3. The zero-order valence-electron chi connectivity index (χ0n) is 6.32. The van der Waals surface area contributed by atoms with E-state index in [0.29, 0.717) is 5.70 Å². The van der Waals surface area contributed by atoms with Crippen LogP contribution in [0.25, 0.3) is 0 Å². The van der Waals surface area contributed by atoms with Crippen LogP contribution in [0.15, 0.2) is 12.3 Å². The fourth-order valence-electron chi connectivity index (χ4n) is 0.412. The van der Waals surface area contributed by atoms with Crippen molar-refractivity contribution in [1.82, 2.24) is 5.32 Å². The molecule has 0 aliphatic heterocycles. The summed E-state index contributed by atoms with van der Waals surface area (Å²) in [7, 11) is 0. The Hall–Kier alpha value is -0.600. The molecule has 0 unspecified atom stereocenters. The molecule has 0 aromatic heterocycles. The van der Waals surface area contributed by atoms with Crippen LogP contribution in [-0.4, -0.2) is 13.0 Å². The topological polar surface area (TPSA) is 12.0 Å². The predicted octanol–water partition coefficient (Wildman–Crippen LogP) is 2.01. The Labute approximate surface area is 60.1 Å². The Morgan fingerprint density at radius 1 is 1.50 bits per heavy atom. The first-order valence-corrected chi connectivity index (χ1v) is 3.25. The minimum absolute atomic E-state index is 0.221. The SMILES string of the molecule is C=C(NCC(F)F)C(C)C. The Balaban J connectivity index is 3.40. The lowest BCUT2D eigenvalue weighted by molar-refractivity contribution is 0.148. The van der Waals surface area contributed by atoms with E-state index in [9.17, 15) is 8.78 Å². The molecule has 0 fully saturated rings. The molecule has 60 valence electrons. The lowest BCUT2D eigenvalue weighted by Crippen LogP contribution is -2.22. The average molecular weight is 149 g/mol. The second kappa shape index (κ2) is 4.25. The third kappa shape index (κ3) is 4.30. The summed E-state index contributed by atoms with van der Waals surface area (Å²) < 4.78 is 23.1. The molecule has 0 saturated heterocycles. The van der Waals surface area contributed by atoms with E-state index in [2.05, 4.69) is 11.9 Å². The zero-order chi connectivity index (χ0) is 8.15. The van der Waals surface area contributed by atoms with Gasteiger partial charge in [-0.2, -0.15) is 0 Å². The summed E-state index contributed by atoms with van der Waals surface area (Å²) in [5.41, 5.74) is 0.667. The molecule has 0 bridgehead atoms. The van der Waals surface area contributed by atoms with Crippen molar-refractivity contribution < 1.29 is 8.78 Å². The Bertz CT molecular complexity index is 110. The lowest BCUT2D eigenvalue weighted by atomic mass is 10.1. The van der Waals surface area contributed by atoms with E-state index in [-0.39, 0.29) is 12.5 Å². The van der Waals surface area contributed by atoms with Crippen LogP contribution in [0.5, 0.6) is 0 Å². The van der Waals surface area contributed by atoms with Gasteiger partial charge in [0.2, 0.25) is 0 Å². The first-order chi connectivity index (χ1) is 4.54. The molecule has 0 atom stereocenters. The van der Waals surface area contributed by atoms with Crippen LogP contribution in [-0.2, 0) is 0 Å². The van der Waals surface area contributed by atoms with Gasteiger partial charge in [0, 0.05) is 5.70 Å². The number of allylic oxidation sites excluding steroid dienone is 1. The third-order valence-electron chi connectivity index (χ3n) is 1.18. The Kier molecular flexibility index (Phi) is 4.00. The number of nitrogens with one attached hydrogen (secondary N) is 1. The fraction of sp³-hybridized carbons (Fsp3) is 0.714. The highest BCUT2D eigenvalue weighted by atomic mass is 19.3. The van der Waals surface area contributed by atoms with Crippen molar-refractivity contribution in [2.45, 2.75) is 20.3 Å². The van der Waals surface area contributed by atoms with Crippen molar-refractivity contribution in [2.75, 3.05) is 6.54 Å². The Morgan fingerprint density at radius 2 is 2.00 bits per heavy atom. The monoisotopic (exact) mass is 149 g/mol. The normalized spacial score (nSPS) is 10.6. The highest BCUT2D eigenvalue weighted by Gasteiger charge is 2.03. The Morgan fingerprint density at radius 3 is 2.30 bits per heavy atom. The van der Waals surface area contributed by atoms with Crippen LogP contribution in [0.1, 0.15) is 13.8 Å². The van der Waals surface area contributed by atoms with Gasteiger partial charge in [0.25, 0.3) is 6.43 Å². The molecule has 0 saturated carbocycles. The summed E-state index contributed by atoms with van der Waals surface area (Å²) in [6, 6.07) is 0. The number of rotatable bonds is 4. The second-order valence-corrected chi connectivity index (χ2v) is 2.45. The van der Waals surface area contributed by atoms with E-state index >= 15 is 0 Å². The molecule has 10 heavy (non-hydrogen) atoms. The highest BCUT2D eigenvalue weighted by Crippen LogP contribution is 2.02. The van der Waals surface area contributed by atoms with Gasteiger partial charge < -0.3 is 5.32 Å². The van der Waals surface area contributed by atoms with Crippen molar-refractivity contribution in [3.05, 3.63) is 12.3 Å². The van der Waals surface area contributed by atoms with Crippen LogP contribution >= 0.6 is 0 Å². The van der Waals surface area contributed by atoms with E-state index in [0.717, 1.165) is 0 Å². The maximum atomic E-state index is 11.6. The molecule has 0 rings (SSSR count). The number of halogens is 2. The highest BCUT2D eigenvalue weighted by molar-refractivity contribution is 4.94. The fourth-order valence-corrected chi connectivity index (χ4v) is 0.412. The van der Waals surface area contributed by atoms with Crippen LogP contribution in [0.3, 0.4) is 0 Å². The summed E-state index contributed by atoms with van der Waals surface area (Å²) in [6.45, 7) is 7.09. The molecular formula is C7H13F2N. The van der Waals surface area contributed by atoms with Gasteiger partial charge in [-0.25, -0.2) is 8.78 Å². The molecule has 0 amide bonds. The third-order valence-corrected chi connectivity index (χ3v) is 1.18. The van der Waals surface area contributed by atoms with Crippen LogP contribution in [0.4, 0.5) is 8.78 Å². The molecule has 0 aliphatic rings. The largest absolute Gasteiger partial charge is 0.383 e. The van der Waals surface area contributed by atoms with Gasteiger partial charge in [-0.15, -0.1) is 0 Å². The predicted molar refractivity (Wildman–Crippen MR) is 38.0 cm³/mol. The molecule has 1 nitrogen and oxygen atoms in total. The van der Waals surface area contributed by atoms with Gasteiger partial charge in [-0.3, -0.25) is 0 Å². The molecule has 0 aromatic rings. The van der Waals surface area contributed by atoms with Gasteiger partial charge in [-0.1, -0.05) is 20.4 Å². The molecule has 1 N–H and O–H groups in total. The van der Waals surface area contributed by atoms with Crippen molar-refractivity contribution in [1.29, 1.82) is 0 Å². The quantitative estimate of drug-likeness (QED) is 0.644. The van der Waals surface area contributed by atoms with Crippen molar-refractivity contribution in [3.8, 4) is 0 Å². The van der Waals surface area contributed by atoms with Gasteiger partial charge in [-0.05, 0) is 5.92 Å². The van der Waals surface area contributed by atoms with E-state index in [1.807, 2.05) is 13.8 Å². The first kappa shape index (κ1) is 9.40. The summed E-state index contributed by atoms with van der Waals surface area (Å²) in [6.07, 6.45) is -2.30. The second-order valence-electron chi connectivity index (χ2n) is 2.45. The average Bonchev–Trinajstić information content (AvgIpc) is 1.82. The maximum absolute atomic E-state index is 11.6. The van der Waals surface area contributed by atoms with Gasteiger partial charge in [0.15, 0.2) is 0 Å². The number of hydrogen-bond donors (Lipinski definition) is 1. The molecule has 0 heterocycles. The summed E-state index contributed by atoms with van der Waals surface area (Å²) in [5, 5.41) is 2.54. The maximum Gasteiger partial charge on any atom is 0.255 e. The molecule has 0 radical (unpaired) electrons. The molecule has 0 aromatic carbocycles.